The van der Waals surface area contributed by atoms with Gasteiger partial charge in [-0.3, -0.25) is 4.79 Å². The van der Waals surface area contributed by atoms with Gasteiger partial charge in [0.1, 0.15) is 5.82 Å². The highest BCUT2D eigenvalue weighted by atomic mass is 35.5. The van der Waals surface area contributed by atoms with Gasteiger partial charge in [-0.1, -0.05) is 30.2 Å². The van der Waals surface area contributed by atoms with Gasteiger partial charge >= 0.3 is 0 Å². The van der Waals surface area contributed by atoms with Crippen molar-refractivity contribution in [3.05, 3.63) is 59.4 Å². The lowest BCUT2D eigenvalue weighted by molar-refractivity contribution is -0.115. The number of aromatic nitrogens is 3. The maximum Gasteiger partial charge on any atom is 0.225 e. The highest BCUT2D eigenvalue weighted by molar-refractivity contribution is 7.91. The molecule has 0 saturated carbocycles. The summed E-state index contributed by atoms with van der Waals surface area (Å²) in [7, 11) is -3.56. The summed E-state index contributed by atoms with van der Waals surface area (Å²) in [5.41, 5.74) is 1.46. The molecule has 0 saturated heterocycles. The number of amides is 1. The van der Waals surface area contributed by atoms with E-state index in [9.17, 15) is 13.2 Å². The lowest BCUT2D eigenvalue weighted by Gasteiger charge is -2.10. The molecule has 0 fully saturated rings. The monoisotopic (exact) mass is 458 g/mol. The minimum atomic E-state index is -3.56. The van der Waals surface area contributed by atoms with Gasteiger partial charge in [-0.25, -0.2) is 8.42 Å². The molecule has 2 aromatic carbocycles. The number of carbonyl (C=O) groups is 1. The third-order valence-electron chi connectivity index (χ3n) is 5.28. The zero-order chi connectivity index (χ0) is 21.8. The lowest BCUT2D eigenvalue weighted by atomic mass is 10.2. The van der Waals surface area contributed by atoms with E-state index in [-0.39, 0.29) is 23.0 Å². The molecule has 1 amide bonds. The second-order valence-electron chi connectivity index (χ2n) is 7.55. The average Bonchev–Trinajstić information content (AvgIpc) is 3.01. The maximum atomic E-state index is 12.4. The first-order chi connectivity index (χ1) is 14.9. The van der Waals surface area contributed by atoms with Gasteiger partial charge in [0, 0.05) is 35.7 Å². The fourth-order valence-electron chi connectivity index (χ4n) is 3.64. The Hall–Kier alpha value is -2.71. The Morgan fingerprint density at radius 1 is 1.06 bits per heavy atom. The van der Waals surface area contributed by atoms with Gasteiger partial charge in [0.2, 0.25) is 5.91 Å². The van der Waals surface area contributed by atoms with Crippen molar-refractivity contribution in [2.45, 2.75) is 43.5 Å². The molecular weight excluding hydrogens is 436 g/mol. The van der Waals surface area contributed by atoms with Crippen molar-refractivity contribution in [1.29, 1.82) is 0 Å². The molecule has 1 aliphatic rings. The number of halogens is 1. The normalized spacial score (nSPS) is 14.0. The van der Waals surface area contributed by atoms with Crippen LogP contribution in [0.2, 0.25) is 5.02 Å². The van der Waals surface area contributed by atoms with E-state index in [4.69, 9.17) is 11.6 Å². The maximum absolute atomic E-state index is 12.4. The molecule has 162 valence electrons. The summed E-state index contributed by atoms with van der Waals surface area (Å²) >= 11 is 5.81. The van der Waals surface area contributed by atoms with E-state index in [1.807, 2.05) is 18.2 Å². The number of sulfone groups is 1. The Labute approximate surface area is 186 Å². The molecule has 7 nitrogen and oxygen atoms in total. The van der Waals surface area contributed by atoms with E-state index in [1.165, 1.54) is 30.7 Å². The molecule has 0 spiro atoms. The van der Waals surface area contributed by atoms with Crippen LogP contribution in [0.15, 0.2) is 53.4 Å². The van der Waals surface area contributed by atoms with Crippen molar-refractivity contribution in [1.82, 2.24) is 14.8 Å². The SMILES string of the molecule is O=C(CCS(=O)(=O)c1ccc(Cl)cc1)Nc1cccc(-c2nnc3n2CCCCC3)c1. The zero-order valence-corrected chi connectivity index (χ0v) is 18.5. The lowest BCUT2D eigenvalue weighted by Crippen LogP contribution is -2.17. The Kier molecular flexibility index (Phi) is 6.38. The molecule has 0 unspecified atom stereocenters. The first-order valence-corrected chi connectivity index (χ1v) is 12.3. The van der Waals surface area contributed by atoms with Gasteiger partial charge in [-0.05, 0) is 49.2 Å². The topological polar surface area (TPSA) is 93.9 Å². The van der Waals surface area contributed by atoms with Crippen molar-refractivity contribution in [2.24, 2.45) is 0 Å². The summed E-state index contributed by atoms with van der Waals surface area (Å²) in [4.78, 5) is 12.5. The van der Waals surface area contributed by atoms with E-state index in [0.717, 1.165) is 43.0 Å². The van der Waals surface area contributed by atoms with Crippen LogP contribution in [0.25, 0.3) is 11.4 Å². The fourth-order valence-corrected chi connectivity index (χ4v) is 5.01. The van der Waals surface area contributed by atoms with Gasteiger partial charge in [0.25, 0.3) is 0 Å². The smallest absolute Gasteiger partial charge is 0.225 e. The Morgan fingerprint density at radius 3 is 2.68 bits per heavy atom. The molecule has 9 heteroatoms. The highest BCUT2D eigenvalue weighted by Crippen LogP contribution is 2.25. The van der Waals surface area contributed by atoms with Crippen LogP contribution in [0.5, 0.6) is 0 Å². The average molecular weight is 459 g/mol. The summed E-state index contributed by atoms with van der Waals surface area (Å²) in [6.07, 6.45) is 4.17. The van der Waals surface area contributed by atoms with Crippen LogP contribution in [0.1, 0.15) is 31.5 Å². The molecular formula is C22H23ClN4O3S. The Bertz CT molecular complexity index is 1190. The van der Waals surface area contributed by atoms with Crippen molar-refractivity contribution < 1.29 is 13.2 Å². The number of rotatable bonds is 6. The minimum absolute atomic E-state index is 0.143. The van der Waals surface area contributed by atoms with Crippen LogP contribution in [0.3, 0.4) is 0 Å². The summed E-state index contributed by atoms with van der Waals surface area (Å²) < 4.78 is 27.0. The van der Waals surface area contributed by atoms with Crippen LogP contribution in [-0.4, -0.2) is 34.8 Å². The number of benzene rings is 2. The first-order valence-electron chi connectivity index (χ1n) is 10.2. The van der Waals surface area contributed by atoms with Gasteiger partial charge in [0.05, 0.1) is 10.6 Å². The number of hydrogen-bond acceptors (Lipinski definition) is 5. The van der Waals surface area contributed by atoms with E-state index in [1.54, 1.807) is 6.07 Å². The van der Waals surface area contributed by atoms with Crippen molar-refractivity contribution in [3.8, 4) is 11.4 Å². The molecule has 0 aliphatic carbocycles. The molecule has 31 heavy (non-hydrogen) atoms. The summed E-state index contributed by atoms with van der Waals surface area (Å²) in [5.74, 6) is 1.14. The highest BCUT2D eigenvalue weighted by Gasteiger charge is 2.18. The summed E-state index contributed by atoms with van der Waals surface area (Å²) in [6.45, 7) is 0.886. The number of carbonyl (C=O) groups excluding carboxylic acids is 1. The van der Waals surface area contributed by atoms with E-state index in [2.05, 4.69) is 20.1 Å². The Morgan fingerprint density at radius 2 is 1.87 bits per heavy atom. The minimum Gasteiger partial charge on any atom is -0.326 e. The van der Waals surface area contributed by atoms with Crippen LogP contribution < -0.4 is 5.32 Å². The largest absolute Gasteiger partial charge is 0.326 e. The van der Waals surface area contributed by atoms with Gasteiger partial charge in [0.15, 0.2) is 15.7 Å². The van der Waals surface area contributed by atoms with Crippen molar-refractivity contribution in [2.75, 3.05) is 11.1 Å². The standard InChI is InChI=1S/C22H23ClN4O3S/c23-17-8-10-19(11-9-17)31(29,30)14-12-21(28)24-18-6-4-5-16(15-18)22-26-25-20-7-2-1-3-13-27(20)22/h4-6,8-11,15H,1-3,7,12-14H2,(H,24,28). The van der Waals surface area contributed by atoms with Crippen LogP contribution in [0.4, 0.5) is 5.69 Å². The molecule has 2 heterocycles. The molecule has 1 aromatic heterocycles. The number of fused-ring (bicyclic) bond motifs is 1. The van der Waals surface area contributed by atoms with Gasteiger partial charge < -0.3 is 9.88 Å². The molecule has 4 rings (SSSR count). The molecule has 3 aromatic rings. The number of nitrogens with zero attached hydrogens (tertiary/aromatic N) is 3. The van der Waals surface area contributed by atoms with Crippen LogP contribution >= 0.6 is 11.6 Å². The molecule has 0 atom stereocenters. The molecule has 0 bridgehead atoms. The van der Waals surface area contributed by atoms with E-state index < -0.39 is 9.84 Å². The van der Waals surface area contributed by atoms with Crippen LogP contribution in [0, 0.1) is 0 Å². The summed E-state index contributed by atoms with van der Waals surface area (Å²) in [6, 6.07) is 13.3. The van der Waals surface area contributed by atoms with Gasteiger partial charge in [-0.2, -0.15) is 0 Å². The second-order valence-corrected chi connectivity index (χ2v) is 10.1. The number of nitrogens with one attached hydrogen (secondary N) is 1. The first kappa shape index (κ1) is 21.5. The van der Waals surface area contributed by atoms with E-state index >= 15 is 0 Å². The fraction of sp³-hybridized carbons (Fsp3) is 0.318. The number of anilines is 1. The predicted octanol–water partition coefficient (Wildman–Crippen LogP) is 4.13. The second kappa shape index (κ2) is 9.20. The molecule has 1 N–H and O–H groups in total. The van der Waals surface area contributed by atoms with Crippen LogP contribution in [-0.2, 0) is 27.6 Å². The zero-order valence-electron chi connectivity index (χ0n) is 16.9. The van der Waals surface area contributed by atoms with Gasteiger partial charge in [-0.15, -0.1) is 10.2 Å². The van der Waals surface area contributed by atoms with E-state index in [0.29, 0.717) is 10.7 Å². The van der Waals surface area contributed by atoms with Crippen molar-refractivity contribution >= 4 is 33.0 Å². The third-order valence-corrected chi connectivity index (χ3v) is 7.27. The third kappa shape index (κ3) is 5.14. The predicted molar refractivity (Wildman–Crippen MR) is 120 cm³/mol. The van der Waals surface area contributed by atoms with Crippen molar-refractivity contribution in [3.63, 3.8) is 0 Å². The number of aryl methyl sites for hydroxylation is 1. The summed E-state index contributed by atoms with van der Waals surface area (Å²) in [5, 5.41) is 11.9. The Balaban J connectivity index is 1.43. The molecule has 0 radical (unpaired) electrons. The quantitative estimate of drug-likeness (QED) is 0.599. The number of hydrogen-bond donors (Lipinski definition) is 1. The molecule has 1 aliphatic heterocycles.